The lowest BCUT2D eigenvalue weighted by Crippen LogP contribution is -2.49. The minimum Gasteiger partial charge on any atom is -0.296 e. The van der Waals surface area contributed by atoms with Gasteiger partial charge in [0.25, 0.3) is 0 Å². The Morgan fingerprint density at radius 3 is 2.78 bits per heavy atom. The van der Waals surface area contributed by atoms with Crippen LogP contribution in [0.25, 0.3) is 0 Å². The van der Waals surface area contributed by atoms with Gasteiger partial charge >= 0.3 is 0 Å². The number of nitrogens with zero attached hydrogens (tertiary/aromatic N) is 1. The molecule has 4 heteroatoms. The molecule has 2 atom stereocenters. The highest BCUT2D eigenvalue weighted by molar-refractivity contribution is 5.34. The predicted octanol–water partition coefficient (Wildman–Crippen LogP) is 1.81. The number of hydrogen-bond donors (Lipinski definition) is 3. The zero-order valence-electron chi connectivity index (χ0n) is 11.1. The third-order valence-electron chi connectivity index (χ3n) is 2.93. The maximum atomic E-state index is 8.91. The Kier molecular flexibility index (Phi) is 3.67. The molecule has 1 fully saturated rings. The van der Waals surface area contributed by atoms with Gasteiger partial charge in [-0.25, -0.2) is 10.9 Å². The maximum absolute atomic E-state index is 8.91. The van der Waals surface area contributed by atoms with Crippen LogP contribution in [0.5, 0.6) is 0 Å². The van der Waals surface area contributed by atoms with Gasteiger partial charge in [-0.2, -0.15) is 5.26 Å². The minimum atomic E-state index is 0.0861. The SMILES string of the molecule is CC(C)(C)NC1CC(c2cccc(C#N)c2)NN1. The number of nitrogens with one attached hydrogen (secondary N) is 3. The van der Waals surface area contributed by atoms with E-state index in [0.717, 1.165) is 12.0 Å². The van der Waals surface area contributed by atoms with Crippen molar-refractivity contribution in [3.05, 3.63) is 35.4 Å². The van der Waals surface area contributed by atoms with Gasteiger partial charge in [0.1, 0.15) is 0 Å². The van der Waals surface area contributed by atoms with Crippen LogP contribution in [0.2, 0.25) is 0 Å². The Morgan fingerprint density at radius 2 is 2.11 bits per heavy atom. The van der Waals surface area contributed by atoms with Crippen LogP contribution < -0.4 is 16.2 Å². The number of benzene rings is 1. The molecule has 1 aromatic carbocycles. The van der Waals surface area contributed by atoms with Gasteiger partial charge in [0.05, 0.1) is 17.8 Å². The lowest BCUT2D eigenvalue weighted by molar-refractivity contribution is 0.333. The van der Waals surface area contributed by atoms with E-state index in [1.807, 2.05) is 18.2 Å². The Hall–Kier alpha value is -1.41. The van der Waals surface area contributed by atoms with Crippen molar-refractivity contribution < 1.29 is 0 Å². The molecule has 1 aliphatic rings. The van der Waals surface area contributed by atoms with Crippen LogP contribution in [0.4, 0.5) is 0 Å². The summed E-state index contributed by atoms with van der Waals surface area (Å²) in [6.07, 6.45) is 1.22. The van der Waals surface area contributed by atoms with E-state index in [9.17, 15) is 0 Å². The van der Waals surface area contributed by atoms with Crippen LogP contribution in [0, 0.1) is 11.3 Å². The second-order valence-corrected chi connectivity index (χ2v) is 5.76. The zero-order chi connectivity index (χ0) is 13.2. The van der Waals surface area contributed by atoms with Gasteiger partial charge in [-0.1, -0.05) is 12.1 Å². The normalized spacial score (nSPS) is 23.9. The fourth-order valence-corrected chi connectivity index (χ4v) is 2.22. The fraction of sp³-hybridized carbons (Fsp3) is 0.500. The van der Waals surface area contributed by atoms with E-state index in [1.54, 1.807) is 0 Å². The summed E-state index contributed by atoms with van der Waals surface area (Å²) in [5.41, 5.74) is 8.48. The summed E-state index contributed by atoms with van der Waals surface area (Å²) in [6.45, 7) is 6.45. The molecule has 0 amide bonds. The van der Waals surface area contributed by atoms with Crippen LogP contribution in [-0.2, 0) is 0 Å². The Labute approximate surface area is 108 Å². The summed E-state index contributed by atoms with van der Waals surface area (Å²) in [4.78, 5) is 0. The summed E-state index contributed by atoms with van der Waals surface area (Å²) in [5.74, 6) is 0. The monoisotopic (exact) mass is 244 g/mol. The van der Waals surface area contributed by atoms with E-state index < -0.39 is 0 Å². The van der Waals surface area contributed by atoms with Gasteiger partial charge in [-0.05, 0) is 44.9 Å². The third-order valence-corrected chi connectivity index (χ3v) is 2.93. The molecule has 1 heterocycles. The molecule has 18 heavy (non-hydrogen) atoms. The van der Waals surface area contributed by atoms with Crippen molar-refractivity contribution in [1.29, 1.82) is 5.26 Å². The Balaban J connectivity index is 2.02. The lowest BCUT2D eigenvalue weighted by Gasteiger charge is -2.25. The topological polar surface area (TPSA) is 59.9 Å². The van der Waals surface area contributed by atoms with Crippen molar-refractivity contribution in [1.82, 2.24) is 16.2 Å². The van der Waals surface area contributed by atoms with Gasteiger partial charge in [-0.3, -0.25) is 5.32 Å². The molecule has 1 saturated heterocycles. The first kappa shape index (κ1) is 13.0. The van der Waals surface area contributed by atoms with Crippen molar-refractivity contribution in [2.24, 2.45) is 0 Å². The number of hydrazine groups is 1. The minimum absolute atomic E-state index is 0.0861. The number of nitriles is 1. The smallest absolute Gasteiger partial charge is 0.0991 e. The lowest BCUT2D eigenvalue weighted by atomic mass is 10.0. The maximum Gasteiger partial charge on any atom is 0.0991 e. The van der Waals surface area contributed by atoms with E-state index in [0.29, 0.717) is 5.56 Å². The van der Waals surface area contributed by atoms with Crippen molar-refractivity contribution >= 4 is 0 Å². The highest BCUT2D eigenvalue weighted by atomic mass is 15.5. The first-order valence-corrected chi connectivity index (χ1v) is 6.27. The van der Waals surface area contributed by atoms with Crippen LogP contribution >= 0.6 is 0 Å². The molecule has 1 aliphatic heterocycles. The summed E-state index contributed by atoms with van der Waals surface area (Å²) in [6, 6.07) is 10.2. The summed E-state index contributed by atoms with van der Waals surface area (Å²) in [5, 5.41) is 12.4. The Bertz CT molecular complexity index is 456. The van der Waals surface area contributed by atoms with Crippen LogP contribution in [0.1, 0.15) is 44.4 Å². The fourth-order valence-electron chi connectivity index (χ4n) is 2.22. The molecule has 0 aromatic heterocycles. The highest BCUT2D eigenvalue weighted by Gasteiger charge is 2.27. The molecule has 2 unspecified atom stereocenters. The summed E-state index contributed by atoms with van der Waals surface area (Å²) < 4.78 is 0. The molecule has 0 aliphatic carbocycles. The molecule has 0 bridgehead atoms. The first-order valence-electron chi connectivity index (χ1n) is 6.27. The van der Waals surface area contributed by atoms with Crippen molar-refractivity contribution in [3.8, 4) is 6.07 Å². The van der Waals surface area contributed by atoms with Gasteiger partial charge < -0.3 is 0 Å². The van der Waals surface area contributed by atoms with Gasteiger partial charge in [0, 0.05) is 11.6 Å². The predicted molar refractivity (Wildman–Crippen MR) is 71.5 cm³/mol. The van der Waals surface area contributed by atoms with E-state index in [4.69, 9.17) is 5.26 Å². The van der Waals surface area contributed by atoms with Crippen LogP contribution in [0.15, 0.2) is 24.3 Å². The average Bonchev–Trinajstić information content (AvgIpc) is 2.75. The number of hydrogen-bond acceptors (Lipinski definition) is 4. The van der Waals surface area contributed by atoms with Gasteiger partial charge in [0.15, 0.2) is 0 Å². The Morgan fingerprint density at radius 1 is 1.33 bits per heavy atom. The third kappa shape index (κ3) is 3.30. The zero-order valence-corrected chi connectivity index (χ0v) is 11.1. The van der Waals surface area contributed by atoms with E-state index in [-0.39, 0.29) is 17.7 Å². The van der Waals surface area contributed by atoms with E-state index >= 15 is 0 Å². The highest BCUT2D eigenvalue weighted by Crippen LogP contribution is 2.22. The molecule has 1 aromatic rings. The second kappa shape index (κ2) is 5.07. The average molecular weight is 244 g/mol. The first-order chi connectivity index (χ1) is 8.48. The molecule has 4 nitrogen and oxygen atoms in total. The van der Waals surface area contributed by atoms with E-state index in [1.165, 1.54) is 0 Å². The molecule has 0 radical (unpaired) electrons. The largest absolute Gasteiger partial charge is 0.296 e. The molecular formula is C14H20N4. The molecule has 96 valence electrons. The quantitative estimate of drug-likeness (QED) is 0.742. The molecular weight excluding hydrogens is 224 g/mol. The van der Waals surface area contributed by atoms with Gasteiger partial charge in [0.2, 0.25) is 0 Å². The molecule has 2 rings (SSSR count). The second-order valence-electron chi connectivity index (χ2n) is 5.76. The van der Waals surface area contributed by atoms with Crippen molar-refractivity contribution in [2.45, 2.75) is 44.9 Å². The van der Waals surface area contributed by atoms with E-state index in [2.05, 4.69) is 49.1 Å². The summed E-state index contributed by atoms with van der Waals surface area (Å²) in [7, 11) is 0. The molecule has 0 spiro atoms. The molecule has 0 saturated carbocycles. The number of rotatable bonds is 2. The van der Waals surface area contributed by atoms with Crippen LogP contribution in [-0.4, -0.2) is 11.7 Å². The summed E-state index contributed by atoms with van der Waals surface area (Å²) >= 11 is 0. The standard InChI is InChI=1S/C14H20N4/c1-14(2,3)16-13-8-12(17-18-13)11-6-4-5-10(7-11)9-15/h4-7,12-13,16-18H,8H2,1-3H3. The van der Waals surface area contributed by atoms with Crippen LogP contribution in [0.3, 0.4) is 0 Å². The van der Waals surface area contributed by atoms with Crippen molar-refractivity contribution in [3.63, 3.8) is 0 Å². The van der Waals surface area contributed by atoms with Gasteiger partial charge in [-0.15, -0.1) is 0 Å². The van der Waals surface area contributed by atoms with Crippen molar-refractivity contribution in [2.75, 3.05) is 0 Å². The molecule has 3 N–H and O–H groups in total.